The molecule has 0 radical (unpaired) electrons. The highest BCUT2D eigenvalue weighted by atomic mass is 32.2. The maximum atomic E-state index is 12.7. The lowest BCUT2D eigenvalue weighted by Crippen LogP contribution is -2.31. The number of para-hydroxylation sites is 1. The van der Waals surface area contributed by atoms with E-state index in [4.69, 9.17) is 9.47 Å². The normalized spacial score (nSPS) is 12.9. The van der Waals surface area contributed by atoms with E-state index in [1.165, 1.54) is 19.2 Å². The van der Waals surface area contributed by atoms with Gasteiger partial charge in [-0.3, -0.25) is 9.48 Å². The molecular formula is C19H18N4O5S. The van der Waals surface area contributed by atoms with Gasteiger partial charge >= 0.3 is 0 Å². The molecule has 1 amide bonds. The van der Waals surface area contributed by atoms with E-state index in [1.807, 2.05) is 0 Å². The fraction of sp³-hybridized carbons (Fsp3) is 0.211. The van der Waals surface area contributed by atoms with Crippen molar-refractivity contribution in [2.24, 2.45) is 0 Å². The predicted octanol–water partition coefficient (Wildman–Crippen LogP) is 1.39. The lowest BCUT2D eigenvalue weighted by molar-refractivity contribution is 0.0975. The van der Waals surface area contributed by atoms with Crippen LogP contribution in [0, 0.1) is 0 Å². The fourth-order valence-corrected chi connectivity index (χ4v) is 4.24. The Morgan fingerprint density at radius 2 is 2.14 bits per heavy atom. The molecule has 0 spiro atoms. The van der Waals surface area contributed by atoms with Crippen molar-refractivity contribution in [2.75, 3.05) is 13.7 Å². The van der Waals surface area contributed by atoms with Gasteiger partial charge in [0, 0.05) is 24.4 Å². The lowest BCUT2D eigenvalue weighted by atomic mass is 10.2. The first-order chi connectivity index (χ1) is 14.0. The zero-order valence-corrected chi connectivity index (χ0v) is 16.3. The number of fused-ring (bicyclic) bond motifs is 1. The van der Waals surface area contributed by atoms with E-state index >= 15 is 0 Å². The van der Waals surface area contributed by atoms with Crippen molar-refractivity contribution in [3.05, 3.63) is 65.6 Å². The predicted molar refractivity (Wildman–Crippen MR) is 102 cm³/mol. The summed E-state index contributed by atoms with van der Waals surface area (Å²) >= 11 is 0. The Hall–Kier alpha value is -3.40. The minimum absolute atomic E-state index is 0.0666. The number of methoxy groups -OCH3 is 1. The van der Waals surface area contributed by atoms with Crippen LogP contribution in [-0.4, -0.2) is 42.8 Å². The smallest absolute Gasteiger partial charge is 0.283 e. The highest BCUT2D eigenvalue weighted by Gasteiger charge is 2.27. The summed E-state index contributed by atoms with van der Waals surface area (Å²) in [6.07, 6.45) is 4.06. The van der Waals surface area contributed by atoms with E-state index in [2.05, 4.69) is 14.8 Å². The van der Waals surface area contributed by atoms with Crippen LogP contribution in [0.25, 0.3) is 0 Å². The van der Waals surface area contributed by atoms with Gasteiger partial charge in [-0.15, -0.1) is 0 Å². The Kier molecular flexibility index (Phi) is 4.93. The number of pyridine rings is 1. The molecule has 0 fully saturated rings. The molecule has 0 aliphatic carbocycles. The van der Waals surface area contributed by atoms with Crippen LogP contribution in [0.4, 0.5) is 0 Å². The van der Waals surface area contributed by atoms with Gasteiger partial charge in [0.15, 0.2) is 0 Å². The number of amides is 1. The second-order valence-corrected chi connectivity index (χ2v) is 8.00. The van der Waals surface area contributed by atoms with Crippen molar-refractivity contribution >= 4 is 15.9 Å². The standard InChI is InChI=1S/C19H18N4O5S/c1-27-19-14(12-23-10-3-9-20-23)6-7-15(21-19)18(24)22-29(25,26)16-5-2-4-13-8-11-28-17(13)16/h2-7,9-10H,8,11-12H2,1H3,(H,22,24). The minimum atomic E-state index is -4.12. The largest absolute Gasteiger partial charge is 0.492 e. The van der Waals surface area contributed by atoms with E-state index in [0.29, 0.717) is 25.1 Å². The van der Waals surface area contributed by atoms with Crippen molar-refractivity contribution in [1.29, 1.82) is 0 Å². The molecule has 0 bridgehead atoms. The summed E-state index contributed by atoms with van der Waals surface area (Å²) in [6.45, 7) is 0.809. The Morgan fingerprint density at radius 3 is 2.90 bits per heavy atom. The number of hydrogen-bond acceptors (Lipinski definition) is 7. The first kappa shape index (κ1) is 18.9. The lowest BCUT2D eigenvalue weighted by Gasteiger charge is -2.12. The van der Waals surface area contributed by atoms with Crippen molar-refractivity contribution in [3.8, 4) is 11.6 Å². The summed E-state index contributed by atoms with van der Waals surface area (Å²) in [5, 5.41) is 4.12. The third kappa shape index (κ3) is 3.79. The van der Waals surface area contributed by atoms with Crippen molar-refractivity contribution in [1.82, 2.24) is 19.5 Å². The summed E-state index contributed by atoms with van der Waals surface area (Å²) in [5.41, 5.74) is 1.41. The average Bonchev–Trinajstić information content (AvgIpc) is 3.39. The van der Waals surface area contributed by atoms with Gasteiger partial charge in [-0.25, -0.2) is 18.1 Å². The summed E-state index contributed by atoms with van der Waals surface area (Å²) in [4.78, 5) is 16.6. The number of nitrogens with zero attached hydrogens (tertiary/aromatic N) is 3. The minimum Gasteiger partial charge on any atom is -0.492 e. The van der Waals surface area contributed by atoms with Crippen LogP contribution in [0.15, 0.2) is 53.7 Å². The van der Waals surface area contributed by atoms with Crippen molar-refractivity contribution in [2.45, 2.75) is 17.9 Å². The van der Waals surface area contributed by atoms with Gasteiger partial charge in [-0.2, -0.15) is 5.10 Å². The molecule has 0 atom stereocenters. The number of carbonyl (C=O) groups is 1. The molecule has 1 aliphatic rings. The van der Waals surface area contributed by atoms with Gasteiger partial charge in [0.25, 0.3) is 15.9 Å². The Bertz CT molecular complexity index is 1160. The first-order valence-electron chi connectivity index (χ1n) is 8.81. The van der Waals surface area contributed by atoms with Crippen LogP contribution >= 0.6 is 0 Å². The third-order valence-electron chi connectivity index (χ3n) is 4.45. The molecule has 4 rings (SSSR count). The molecule has 0 unspecified atom stereocenters. The molecule has 9 nitrogen and oxygen atoms in total. The second-order valence-electron chi connectivity index (χ2n) is 6.35. The van der Waals surface area contributed by atoms with Crippen LogP contribution in [0.3, 0.4) is 0 Å². The number of rotatable bonds is 6. The van der Waals surface area contributed by atoms with Crippen LogP contribution in [0.2, 0.25) is 0 Å². The monoisotopic (exact) mass is 414 g/mol. The first-order valence-corrected chi connectivity index (χ1v) is 10.3. The number of aromatic nitrogens is 3. The molecule has 150 valence electrons. The van der Waals surface area contributed by atoms with Crippen LogP contribution in [-0.2, 0) is 23.0 Å². The number of ether oxygens (including phenoxy) is 2. The summed E-state index contributed by atoms with van der Waals surface area (Å²) < 4.78 is 39.9. The van der Waals surface area contributed by atoms with Gasteiger partial charge in [-0.1, -0.05) is 12.1 Å². The third-order valence-corrected chi connectivity index (χ3v) is 5.81. The number of sulfonamides is 1. The SMILES string of the molecule is COc1nc(C(=O)NS(=O)(=O)c2cccc3c2OCC3)ccc1Cn1cccn1. The molecule has 1 aromatic carbocycles. The molecule has 0 saturated carbocycles. The summed E-state index contributed by atoms with van der Waals surface area (Å²) in [7, 11) is -2.69. The van der Waals surface area contributed by atoms with Crippen molar-refractivity contribution < 1.29 is 22.7 Å². The summed E-state index contributed by atoms with van der Waals surface area (Å²) in [5.74, 6) is -0.355. The molecular weight excluding hydrogens is 396 g/mol. The van der Waals surface area contributed by atoms with E-state index in [9.17, 15) is 13.2 Å². The van der Waals surface area contributed by atoms with E-state index < -0.39 is 15.9 Å². The highest BCUT2D eigenvalue weighted by Crippen LogP contribution is 2.32. The molecule has 3 heterocycles. The fourth-order valence-electron chi connectivity index (χ4n) is 3.09. The molecule has 1 N–H and O–H groups in total. The van der Waals surface area contributed by atoms with Gasteiger partial charge in [-0.05, 0) is 29.8 Å². The molecule has 29 heavy (non-hydrogen) atoms. The van der Waals surface area contributed by atoms with Gasteiger partial charge in [0.2, 0.25) is 5.88 Å². The highest BCUT2D eigenvalue weighted by molar-refractivity contribution is 7.90. The van der Waals surface area contributed by atoms with Gasteiger partial charge < -0.3 is 9.47 Å². The number of benzene rings is 1. The Morgan fingerprint density at radius 1 is 1.28 bits per heavy atom. The number of nitrogens with one attached hydrogen (secondary N) is 1. The Balaban J connectivity index is 1.57. The maximum absolute atomic E-state index is 12.7. The molecule has 0 saturated heterocycles. The quantitative estimate of drug-likeness (QED) is 0.648. The maximum Gasteiger partial charge on any atom is 0.283 e. The zero-order chi connectivity index (χ0) is 20.4. The topological polar surface area (TPSA) is 112 Å². The molecule has 10 heteroatoms. The molecule has 1 aliphatic heterocycles. The van der Waals surface area contributed by atoms with Crippen molar-refractivity contribution in [3.63, 3.8) is 0 Å². The van der Waals surface area contributed by atoms with Crippen LogP contribution in [0.5, 0.6) is 11.6 Å². The van der Waals surface area contributed by atoms with Gasteiger partial charge in [0.05, 0.1) is 20.3 Å². The number of hydrogen-bond donors (Lipinski definition) is 1. The molecule has 3 aromatic rings. The van der Waals surface area contributed by atoms with Crippen LogP contribution < -0.4 is 14.2 Å². The van der Waals surface area contributed by atoms with Gasteiger partial charge in [0.1, 0.15) is 16.3 Å². The summed E-state index contributed by atoms with van der Waals surface area (Å²) in [6, 6.07) is 9.71. The number of carbonyl (C=O) groups excluding carboxylic acids is 1. The molecule has 2 aromatic heterocycles. The second kappa shape index (κ2) is 7.55. The van der Waals surface area contributed by atoms with E-state index in [1.54, 1.807) is 41.3 Å². The van der Waals surface area contributed by atoms with E-state index in [0.717, 1.165) is 5.56 Å². The average molecular weight is 414 g/mol. The van der Waals surface area contributed by atoms with Crippen LogP contribution in [0.1, 0.15) is 21.6 Å². The van der Waals surface area contributed by atoms with E-state index in [-0.39, 0.29) is 22.2 Å². The Labute approximate surface area is 167 Å². The zero-order valence-electron chi connectivity index (χ0n) is 15.5.